The van der Waals surface area contributed by atoms with Gasteiger partial charge in [0.2, 0.25) is 0 Å². The number of hydrogen-bond donors (Lipinski definition) is 3. The molecule has 0 aliphatic heterocycles. The standard InChI is InChI=1S/C20H18F3N4O6PS2/c21-20(22,23)17-9-16(2-1-13(17)10-24)33-34(28,29)12-27-36(30,31)19-8-14-7-15(3-4-18(14)35-19)32-6-5-26-11-25/h1-4,7-9,11,27H,5-6,12H2,(H2,25,26)(H,28,29). The van der Waals surface area contributed by atoms with Gasteiger partial charge >= 0.3 is 13.8 Å². The van der Waals surface area contributed by atoms with Crippen LogP contribution in [0.3, 0.4) is 0 Å². The molecular formula is C20H18F3N4O6PS2. The van der Waals surface area contributed by atoms with Gasteiger partial charge in [-0.05, 0) is 47.9 Å². The fraction of sp³-hybridized carbons (Fsp3) is 0.200. The second-order valence-corrected chi connectivity index (χ2v) is 11.9. The molecule has 1 atom stereocenters. The quantitative estimate of drug-likeness (QED) is 0.146. The number of nitrogens with one attached hydrogen (secondary N) is 1. The minimum atomic E-state index is -4.91. The first-order valence-corrected chi connectivity index (χ1v) is 13.9. The van der Waals surface area contributed by atoms with Gasteiger partial charge < -0.3 is 19.9 Å². The lowest BCUT2D eigenvalue weighted by molar-refractivity contribution is -0.137. The van der Waals surface area contributed by atoms with Crippen LogP contribution < -0.4 is 19.7 Å². The van der Waals surface area contributed by atoms with E-state index in [4.69, 9.17) is 20.3 Å². The molecule has 192 valence electrons. The number of nitrogens with zero attached hydrogens (tertiary/aromatic N) is 2. The van der Waals surface area contributed by atoms with Crippen molar-refractivity contribution < 1.29 is 40.3 Å². The highest BCUT2D eigenvalue weighted by atomic mass is 32.2. The van der Waals surface area contributed by atoms with E-state index in [9.17, 15) is 31.0 Å². The number of hydrogen-bond acceptors (Lipinski definition) is 8. The molecule has 3 rings (SSSR count). The molecule has 16 heteroatoms. The molecule has 0 saturated heterocycles. The monoisotopic (exact) mass is 562 g/mol. The SMILES string of the molecule is N#Cc1ccc(OP(=O)(O)CNS(=O)(=O)c2cc3cc(OCCN=CN)ccc3s2)cc1C(F)(F)F. The van der Waals surface area contributed by atoms with Crippen molar-refractivity contribution in [1.82, 2.24) is 4.72 Å². The van der Waals surface area contributed by atoms with Crippen LogP contribution in [0.25, 0.3) is 10.1 Å². The van der Waals surface area contributed by atoms with Crippen molar-refractivity contribution in [2.75, 3.05) is 19.4 Å². The van der Waals surface area contributed by atoms with Crippen LogP contribution in [0.4, 0.5) is 13.2 Å². The third-order valence-electron chi connectivity index (χ3n) is 4.44. The van der Waals surface area contributed by atoms with E-state index < -0.39 is 47.0 Å². The lowest BCUT2D eigenvalue weighted by atomic mass is 10.1. The van der Waals surface area contributed by atoms with Gasteiger partial charge in [0.1, 0.15) is 28.6 Å². The van der Waals surface area contributed by atoms with Gasteiger partial charge in [0.15, 0.2) is 0 Å². The van der Waals surface area contributed by atoms with Crippen molar-refractivity contribution in [2.45, 2.75) is 10.4 Å². The Morgan fingerprint density at radius 2 is 1.94 bits per heavy atom. The molecule has 0 radical (unpaired) electrons. The van der Waals surface area contributed by atoms with Crippen molar-refractivity contribution >= 4 is 45.4 Å². The molecule has 0 amide bonds. The zero-order chi connectivity index (χ0) is 26.6. The third kappa shape index (κ3) is 6.96. The minimum Gasteiger partial charge on any atom is -0.492 e. The molecule has 10 nitrogen and oxygen atoms in total. The highest BCUT2D eigenvalue weighted by Gasteiger charge is 2.35. The van der Waals surface area contributed by atoms with Crippen molar-refractivity contribution in [2.24, 2.45) is 10.7 Å². The van der Waals surface area contributed by atoms with Crippen LogP contribution in [0.15, 0.2) is 51.7 Å². The predicted octanol–water partition coefficient (Wildman–Crippen LogP) is 3.66. The number of alkyl halides is 3. The van der Waals surface area contributed by atoms with Gasteiger partial charge in [0.25, 0.3) is 10.0 Å². The lowest BCUT2D eigenvalue weighted by Gasteiger charge is -2.16. The molecule has 1 heterocycles. The number of thiophene rings is 1. The summed E-state index contributed by atoms with van der Waals surface area (Å²) in [4.78, 5) is 13.8. The molecule has 1 aromatic heterocycles. The molecule has 3 aromatic rings. The van der Waals surface area contributed by atoms with Gasteiger partial charge in [0, 0.05) is 4.70 Å². The number of sulfonamides is 1. The Morgan fingerprint density at radius 1 is 1.22 bits per heavy atom. The van der Waals surface area contributed by atoms with Crippen LogP contribution in [0.2, 0.25) is 0 Å². The molecule has 4 N–H and O–H groups in total. The summed E-state index contributed by atoms with van der Waals surface area (Å²) in [5.41, 5.74) is 3.09. The van der Waals surface area contributed by atoms with Crippen molar-refractivity contribution in [3.8, 4) is 17.6 Å². The van der Waals surface area contributed by atoms with E-state index in [-0.39, 0.29) is 10.8 Å². The Morgan fingerprint density at radius 3 is 2.61 bits per heavy atom. The minimum absolute atomic E-state index is 0.167. The predicted molar refractivity (Wildman–Crippen MR) is 127 cm³/mol. The molecule has 1 unspecified atom stereocenters. The number of aliphatic imine (C=N–C) groups is 1. The first-order chi connectivity index (χ1) is 16.8. The molecule has 0 aliphatic rings. The number of rotatable bonds is 10. The van der Waals surface area contributed by atoms with Gasteiger partial charge in [-0.15, -0.1) is 11.3 Å². The fourth-order valence-electron chi connectivity index (χ4n) is 2.86. The largest absolute Gasteiger partial charge is 0.492 e. The normalized spacial score (nSPS) is 14.0. The van der Waals surface area contributed by atoms with Gasteiger partial charge in [-0.1, -0.05) is 0 Å². The summed E-state index contributed by atoms with van der Waals surface area (Å²) in [6, 6.07) is 9.67. The summed E-state index contributed by atoms with van der Waals surface area (Å²) < 4.78 is 89.6. The van der Waals surface area contributed by atoms with Crippen LogP contribution in [0.5, 0.6) is 11.5 Å². The van der Waals surface area contributed by atoms with Crippen molar-refractivity contribution in [3.05, 3.63) is 53.6 Å². The van der Waals surface area contributed by atoms with Crippen LogP contribution in [-0.2, 0) is 20.8 Å². The molecule has 0 aliphatic carbocycles. The molecular weight excluding hydrogens is 544 g/mol. The Balaban J connectivity index is 1.71. The van der Waals surface area contributed by atoms with Gasteiger partial charge in [-0.2, -0.15) is 23.2 Å². The van der Waals surface area contributed by atoms with Gasteiger partial charge in [-0.25, -0.2) is 13.0 Å². The first kappa shape index (κ1) is 27.4. The highest BCUT2D eigenvalue weighted by Crippen LogP contribution is 2.44. The summed E-state index contributed by atoms with van der Waals surface area (Å²) >= 11 is 0.894. The van der Waals surface area contributed by atoms with Crippen molar-refractivity contribution in [3.63, 3.8) is 0 Å². The molecule has 0 bridgehead atoms. The second kappa shape index (κ2) is 10.9. The summed E-state index contributed by atoms with van der Waals surface area (Å²) in [7, 11) is -9.03. The van der Waals surface area contributed by atoms with E-state index in [0.717, 1.165) is 29.8 Å². The Labute approximate surface area is 207 Å². The Bertz CT molecular complexity index is 1480. The zero-order valence-electron chi connectivity index (χ0n) is 18.1. The summed E-state index contributed by atoms with van der Waals surface area (Å²) in [6.07, 6.45) is -4.87. The number of benzene rings is 2. The lowest BCUT2D eigenvalue weighted by Crippen LogP contribution is -2.25. The van der Waals surface area contributed by atoms with E-state index in [1.807, 2.05) is 4.72 Å². The maximum absolute atomic E-state index is 13.1. The van der Waals surface area contributed by atoms with E-state index in [1.165, 1.54) is 12.1 Å². The zero-order valence-corrected chi connectivity index (χ0v) is 20.6. The second-order valence-electron chi connectivity index (χ2n) is 7.02. The average Bonchev–Trinajstić information content (AvgIpc) is 3.24. The van der Waals surface area contributed by atoms with Crippen LogP contribution in [0.1, 0.15) is 11.1 Å². The van der Waals surface area contributed by atoms with E-state index in [0.29, 0.717) is 28.4 Å². The molecule has 36 heavy (non-hydrogen) atoms. The third-order valence-corrected chi connectivity index (χ3v) is 8.70. The van der Waals surface area contributed by atoms with E-state index >= 15 is 0 Å². The molecule has 0 saturated carbocycles. The van der Waals surface area contributed by atoms with Crippen LogP contribution >= 0.6 is 18.9 Å². The van der Waals surface area contributed by atoms with Gasteiger partial charge in [0.05, 0.1) is 30.1 Å². The number of ether oxygens (including phenoxy) is 1. The number of fused-ring (bicyclic) bond motifs is 1. The van der Waals surface area contributed by atoms with Gasteiger partial charge in [-0.3, -0.25) is 4.99 Å². The Kier molecular flexibility index (Phi) is 8.27. The number of halogens is 3. The molecule has 2 aromatic carbocycles. The fourth-order valence-corrected chi connectivity index (χ4v) is 6.78. The maximum atomic E-state index is 13.1. The maximum Gasteiger partial charge on any atom is 0.417 e. The summed E-state index contributed by atoms with van der Waals surface area (Å²) in [5.74, 6) is -0.184. The molecule has 0 fully saturated rings. The van der Waals surface area contributed by atoms with Crippen LogP contribution in [0, 0.1) is 11.3 Å². The summed E-state index contributed by atoms with van der Waals surface area (Å²) in [5, 5.41) is 9.37. The number of nitriles is 1. The van der Waals surface area contributed by atoms with Crippen molar-refractivity contribution in [1.29, 1.82) is 5.26 Å². The average molecular weight is 562 g/mol. The first-order valence-electron chi connectivity index (χ1n) is 9.83. The Hall–Kier alpha value is -3.15. The van der Waals surface area contributed by atoms with E-state index in [1.54, 1.807) is 18.2 Å². The topological polar surface area (TPSA) is 164 Å². The highest BCUT2D eigenvalue weighted by molar-refractivity contribution is 7.92. The number of nitrogens with two attached hydrogens (primary N) is 1. The summed E-state index contributed by atoms with van der Waals surface area (Å²) in [6.45, 7) is 0.594. The smallest absolute Gasteiger partial charge is 0.417 e. The van der Waals surface area contributed by atoms with E-state index in [2.05, 4.69) is 4.99 Å². The molecule has 0 spiro atoms. The van der Waals surface area contributed by atoms with Crippen LogP contribution in [-0.4, -0.2) is 39.1 Å².